The molecule has 1 atom stereocenters. The van der Waals surface area contributed by atoms with E-state index in [0.717, 1.165) is 10.9 Å². The van der Waals surface area contributed by atoms with Gasteiger partial charge in [-0.2, -0.15) is 13.2 Å². The minimum absolute atomic E-state index is 0.144. The molecule has 0 radical (unpaired) electrons. The van der Waals surface area contributed by atoms with E-state index in [1.54, 1.807) is 13.0 Å². The average Bonchev–Trinajstić information content (AvgIpc) is 2.52. The molecule has 7 heteroatoms. The lowest BCUT2D eigenvalue weighted by atomic mass is 10.0. The number of piperazine rings is 1. The minimum atomic E-state index is -4.31. The van der Waals surface area contributed by atoms with Crippen LogP contribution in [0.25, 0.3) is 10.9 Å². The molecule has 0 saturated carbocycles. The molecule has 1 aliphatic rings. The van der Waals surface area contributed by atoms with Gasteiger partial charge in [0, 0.05) is 25.0 Å². The second-order valence-electron chi connectivity index (χ2n) is 5.99. The molecule has 24 heavy (non-hydrogen) atoms. The van der Waals surface area contributed by atoms with Crippen LogP contribution in [0.15, 0.2) is 30.3 Å². The van der Waals surface area contributed by atoms with Gasteiger partial charge >= 0.3 is 6.18 Å². The molecule has 1 unspecified atom stereocenters. The van der Waals surface area contributed by atoms with E-state index < -0.39 is 18.6 Å². The number of nitrogens with zero attached hydrogens (tertiary/aromatic N) is 2. The number of benzene rings is 1. The third-order valence-corrected chi connectivity index (χ3v) is 4.22. The van der Waals surface area contributed by atoms with E-state index >= 15 is 0 Å². The fourth-order valence-electron chi connectivity index (χ4n) is 3.06. The van der Waals surface area contributed by atoms with Crippen LogP contribution in [0.4, 0.5) is 13.2 Å². The molecule has 1 saturated heterocycles. The number of fused-ring (bicyclic) bond motifs is 1. The average molecular weight is 337 g/mol. The SMILES string of the molecule is Cc1nc2ccccc2cc1C(=O)N1CCNCC1CC(F)(F)F. The van der Waals surface area contributed by atoms with Gasteiger partial charge < -0.3 is 10.2 Å². The molecular weight excluding hydrogens is 319 g/mol. The minimum Gasteiger partial charge on any atom is -0.333 e. The van der Waals surface area contributed by atoms with Gasteiger partial charge in [0.2, 0.25) is 0 Å². The fourth-order valence-corrected chi connectivity index (χ4v) is 3.06. The topological polar surface area (TPSA) is 45.2 Å². The number of hydrogen-bond acceptors (Lipinski definition) is 3. The number of aryl methyl sites for hydroxylation is 1. The number of aromatic nitrogens is 1. The van der Waals surface area contributed by atoms with Gasteiger partial charge in [-0.1, -0.05) is 18.2 Å². The highest BCUT2D eigenvalue weighted by atomic mass is 19.4. The summed E-state index contributed by atoms with van der Waals surface area (Å²) in [6, 6.07) is 8.19. The Balaban J connectivity index is 1.93. The van der Waals surface area contributed by atoms with Gasteiger partial charge in [0.05, 0.1) is 29.2 Å². The molecule has 2 heterocycles. The summed E-state index contributed by atoms with van der Waals surface area (Å²) in [6.07, 6.45) is -5.31. The van der Waals surface area contributed by atoms with Crippen molar-refractivity contribution in [2.45, 2.75) is 25.6 Å². The number of pyridine rings is 1. The van der Waals surface area contributed by atoms with Crippen molar-refractivity contribution >= 4 is 16.8 Å². The Labute approximate surface area is 137 Å². The van der Waals surface area contributed by atoms with Crippen molar-refractivity contribution < 1.29 is 18.0 Å². The smallest absolute Gasteiger partial charge is 0.333 e. The van der Waals surface area contributed by atoms with E-state index in [-0.39, 0.29) is 19.0 Å². The largest absolute Gasteiger partial charge is 0.391 e. The Morgan fingerprint density at radius 1 is 1.38 bits per heavy atom. The molecule has 1 N–H and O–H groups in total. The number of carbonyl (C=O) groups is 1. The second-order valence-corrected chi connectivity index (χ2v) is 5.99. The van der Waals surface area contributed by atoms with Crippen molar-refractivity contribution in [3.8, 4) is 0 Å². The molecule has 0 aliphatic carbocycles. The van der Waals surface area contributed by atoms with E-state index in [9.17, 15) is 18.0 Å². The van der Waals surface area contributed by atoms with Crippen molar-refractivity contribution in [2.24, 2.45) is 0 Å². The van der Waals surface area contributed by atoms with Gasteiger partial charge in [-0.05, 0) is 19.1 Å². The highest BCUT2D eigenvalue weighted by Crippen LogP contribution is 2.26. The molecule has 4 nitrogen and oxygen atoms in total. The Morgan fingerprint density at radius 2 is 2.12 bits per heavy atom. The van der Waals surface area contributed by atoms with Crippen molar-refractivity contribution in [3.05, 3.63) is 41.6 Å². The van der Waals surface area contributed by atoms with Crippen molar-refractivity contribution in [2.75, 3.05) is 19.6 Å². The lowest BCUT2D eigenvalue weighted by molar-refractivity contribution is -0.146. The molecule has 2 aromatic rings. The van der Waals surface area contributed by atoms with Gasteiger partial charge in [-0.25, -0.2) is 0 Å². The fraction of sp³-hybridized carbons (Fsp3) is 0.412. The number of nitrogens with one attached hydrogen (secondary N) is 1. The van der Waals surface area contributed by atoms with Crippen LogP contribution >= 0.6 is 0 Å². The lowest BCUT2D eigenvalue weighted by Crippen LogP contribution is -2.55. The summed E-state index contributed by atoms with van der Waals surface area (Å²) in [5.41, 5.74) is 1.66. The van der Waals surface area contributed by atoms with Crippen LogP contribution in [0.5, 0.6) is 0 Å². The summed E-state index contributed by atoms with van der Waals surface area (Å²) in [7, 11) is 0. The first-order valence-electron chi connectivity index (χ1n) is 7.80. The van der Waals surface area contributed by atoms with Crippen LogP contribution < -0.4 is 5.32 Å². The van der Waals surface area contributed by atoms with Gasteiger partial charge in [0.15, 0.2) is 0 Å². The van der Waals surface area contributed by atoms with Gasteiger partial charge in [-0.15, -0.1) is 0 Å². The number of halogens is 3. The molecule has 128 valence electrons. The zero-order chi connectivity index (χ0) is 17.3. The molecule has 0 spiro atoms. The molecule has 1 aliphatic heterocycles. The molecule has 1 aromatic heterocycles. The standard InChI is InChI=1S/C17H18F3N3O/c1-11-14(8-12-4-2-3-5-15(12)22-11)16(24)23-7-6-21-10-13(23)9-17(18,19)20/h2-5,8,13,21H,6-7,9-10H2,1H3. The Kier molecular flexibility index (Phi) is 4.45. The van der Waals surface area contributed by atoms with E-state index in [2.05, 4.69) is 10.3 Å². The number of rotatable bonds is 2. The predicted molar refractivity (Wildman–Crippen MR) is 84.8 cm³/mol. The first-order valence-corrected chi connectivity index (χ1v) is 7.80. The zero-order valence-electron chi connectivity index (χ0n) is 13.2. The number of para-hydroxylation sites is 1. The van der Waals surface area contributed by atoms with Gasteiger partial charge in [0.25, 0.3) is 5.91 Å². The Hall–Kier alpha value is -2.15. The lowest BCUT2D eigenvalue weighted by Gasteiger charge is -2.37. The number of alkyl halides is 3. The number of amides is 1. The highest BCUT2D eigenvalue weighted by Gasteiger charge is 2.38. The second kappa shape index (κ2) is 6.39. The third kappa shape index (κ3) is 3.51. The van der Waals surface area contributed by atoms with E-state index in [0.29, 0.717) is 17.8 Å². The maximum atomic E-state index is 12.9. The summed E-state index contributed by atoms with van der Waals surface area (Å²) in [6.45, 7) is 2.60. The Bertz CT molecular complexity index is 760. The normalized spacial score (nSPS) is 18.8. The first-order chi connectivity index (χ1) is 11.3. The van der Waals surface area contributed by atoms with Crippen LogP contribution in [0.2, 0.25) is 0 Å². The van der Waals surface area contributed by atoms with Crippen LogP contribution in [0, 0.1) is 6.92 Å². The molecular formula is C17H18F3N3O. The Morgan fingerprint density at radius 3 is 2.88 bits per heavy atom. The number of carbonyl (C=O) groups excluding carboxylic acids is 1. The maximum Gasteiger partial charge on any atom is 0.391 e. The first kappa shape index (κ1) is 16.7. The van der Waals surface area contributed by atoms with Crippen LogP contribution in [0.3, 0.4) is 0 Å². The monoisotopic (exact) mass is 337 g/mol. The molecule has 1 aromatic carbocycles. The molecule has 0 bridgehead atoms. The maximum absolute atomic E-state index is 12.9. The predicted octanol–water partition coefficient (Wildman–Crippen LogP) is 2.91. The summed E-state index contributed by atoms with van der Waals surface area (Å²) in [5, 5.41) is 3.73. The summed E-state index contributed by atoms with van der Waals surface area (Å²) < 4.78 is 38.4. The third-order valence-electron chi connectivity index (χ3n) is 4.22. The molecule has 3 rings (SSSR count). The highest BCUT2D eigenvalue weighted by molar-refractivity contribution is 5.98. The van der Waals surface area contributed by atoms with E-state index in [4.69, 9.17) is 0 Å². The van der Waals surface area contributed by atoms with E-state index in [1.165, 1.54) is 4.90 Å². The van der Waals surface area contributed by atoms with Crippen LogP contribution in [0.1, 0.15) is 22.5 Å². The van der Waals surface area contributed by atoms with Gasteiger partial charge in [0.1, 0.15) is 0 Å². The van der Waals surface area contributed by atoms with Crippen molar-refractivity contribution in [1.29, 1.82) is 0 Å². The quantitative estimate of drug-likeness (QED) is 0.916. The van der Waals surface area contributed by atoms with Crippen LogP contribution in [-0.4, -0.2) is 47.6 Å². The van der Waals surface area contributed by atoms with Crippen molar-refractivity contribution in [1.82, 2.24) is 15.2 Å². The zero-order valence-corrected chi connectivity index (χ0v) is 13.2. The van der Waals surface area contributed by atoms with Crippen LogP contribution in [-0.2, 0) is 0 Å². The van der Waals surface area contributed by atoms with Gasteiger partial charge in [-0.3, -0.25) is 9.78 Å². The van der Waals surface area contributed by atoms with E-state index in [1.807, 2.05) is 24.3 Å². The summed E-state index contributed by atoms with van der Waals surface area (Å²) in [5.74, 6) is -0.387. The molecule has 1 amide bonds. The summed E-state index contributed by atoms with van der Waals surface area (Å²) >= 11 is 0. The summed E-state index contributed by atoms with van der Waals surface area (Å²) in [4.78, 5) is 18.6. The molecule has 1 fully saturated rings. The van der Waals surface area contributed by atoms with Crippen molar-refractivity contribution in [3.63, 3.8) is 0 Å². The number of hydrogen-bond donors (Lipinski definition) is 1.